The Morgan fingerprint density at radius 1 is 0.857 bits per heavy atom. The van der Waals surface area contributed by atoms with Crippen LogP contribution in [0.1, 0.15) is 11.1 Å². The van der Waals surface area contributed by atoms with Crippen LogP contribution in [0.4, 0.5) is 0 Å². The largest absolute Gasteiger partial charge is 0.456 e. The van der Waals surface area contributed by atoms with Gasteiger partial charge in [-0.25, -0.2) is 4.68 Å². The molecule has 6 nitrogen and oxygen atoms in total. The standard InChI is InChI=1S/C29H17N5O/c1-31-27-18(15-30-31)16-12-13-23-26-24(16)28-33(27)20-9-2-3-10-21(20)34(28)29(26)25-17(7-6-11-22(25)35-23)19-8-4-5-14-32(19)29/h2-15H,1H3/q+2. The number of fused-ring (bicyclic) bond motifs is 8. The minimum absolute atomic E-state index is 0.558. The van der Waals surface area contributed by atoms with Gasteiger partial charge in [0.15, 0.2) is 17.2 Å². The molecule has 0 aliphatic carbocycles. The molecule has 1 unspecified atom stereocenters. The van der Waals surface area contributed by atoms with Gasteiger partial charge >= 0.3 is 11.3 Å². The molecule has 3 aromatic carbocycles. The van der Waals surface area contributed by atoms with Crippen molar-refractivity contribution < 1.29 is 13.9 Å². The van der Waals surface area contributed by atoms with Crippen LogP contribution in [0.25, 0.3) is 49.7 Å². The third-order valence-corrected chi connectivity index (χ3v) is 8.34. The topological polar surface area (TPSA) is 39.2 Å². The number of imidazole rings is 1. The van der Waals surface area contributed by atoms with Crippen LogP contribution >= 0.6 is 0 Å². The zero-order valence-corrected chi connectivity index (χ0v) is 18.7. The van der Waals surface area contributed by atoms with Crippen molar-refractivity contribution in [2.24, 2.45) is 7.05 Å². The van der Waals surface area contributed by atoms with Gasteiger partial charge in [-0.3, -0.25) is 0 Å². The van der Waals surface area contributed by atoms with Crippen LogP contribution in [0.5, 0.6) is 11.5 Å². The number of aromatic nitrogens is 5. The lowest BCUT2D eigenvalue weighted by Crippen LogP contribution is -2.71. The van der Waals surface area contributed by atoms with Gasteiger partial charge in [-0.2, -0.15) is 9.50 Å². The second kappa shape index (κ2) is 5.03. The molecule has 1 spiro atoms. The van der Waals surface area contributed by atoms with Crippen molar-refractivity contribution in [1.82, 2.24) is 14.2 Å². The number of rotatable bonds is 0. The second-order valence-electron chi connectivity index (χ2n) is 9.76. The van der Waals surface area contributed by atoms with Crippen molar-refractivity contribution in [3.05, 3.63) is 96.3 Å². The van der Waals surface area contributed by atoms with E-state index in [1.54, 1.807) is 0 Å². The van der Waals surface area contributed by atoms with E-state index in [2.05, 4.69) is 97.6 Å². The van der Waals surface area contributed by atoms with Crippen molar-refractivity contribution in [2.75, 3.05) is 0 Å². The Labute approximate surface area is 198 Å². The normalized spacial score (nSPS) is 18.2. The Morgan fingerprint density at radius 2 is 1.74 bits per heavy atom. The average molecular weight is 451 g/mol. The fourth-order valence-corrected chi connectivity index (χ4v) is 7.24. The molecule has 162 valence electrons. The first-order valence-electron chi connectivity index (χ1n) is 11.9. The Bertz CT molecular complexity index is 2170. The summed E-state index contributed by atoms with van der Waals surface area (Å²) in [6.45, 7) is 0. The number of benzene rings is 3. The first-order chi connectivity index (χ1) is 17.3. The minimum atomic E-state index is -0.558. The average Bonchev–Trinajstić information content (AvgIpc) is 3.61. The van der Waals surface area contributed by atoms with Crippen LogP contribution in [0, 0.1) is 0 Å². The molecule has 0 bridgehead atoms. The van der Waals surface area contributed by atoms with Gasteiger partial charge in [-0.1, -0.05) is 18.2 Å². The van der Waals surface area contributed by atoms with Gasteiger partial charge in [0.25, 0.3) is 0 Å². The van der Waals surface area contributed by atoms with Crippen LogP contribution in [0.2, 0.25) is 0 Å². The summed E-state index contributed by atoms with van der Waals surface area (Å²) < 4.78 is 16.1. The fraction of sp³-hybridized carbons (Fsp3) is 0.0690. The molecule has 0 amide bonds. The number of pyridine rings is 2. The van der Waals surface area contributed by atoms with Gasteiger partial charge in [-0.05, 0) is 42.5 Å². The number of hydrogen-bond acceptors (Lipinski definition) is 2. The predicted molar refractivity (Wildman–Crippen MR) is 131 cm³/mol. The van der Waals surface area contributed by atoms with E-state index >= 15 is 0 Å². The fourth-order valence-electron chi connectivity index (χ4n) is 7.24. The lowest BCUT2D eigenvalue weighted by atomic mass is 9.86. The van der Waals surface area contributed by atoms with E-state index in [-0.39, 0.29) is 0 Å². The summed E-state index contributed by atoms with van der Waals surface area (Å²) in [6, 6.07) is 26.0. The van der Waals surface area contributed by atoms with Crippen LogP contribution in [0.3, 0.4) is 0 Å². The summed E-state index contributed by atoms with van der Waals surface area (Å²) in [4.78, 5) is 0. The third kappa shape index (κ3) is 1.48. The maximum atomic E-state index is 6.65. The van der Waals surface area contributed by atoms with Crippen molar-refractivity contribution in [3.8, 4) is 22.8 Å². The van der Waals surface area contributed by atoms with E-state index in [9.17, 15) is 0 Å². The molecular formula is C29H17N5O+2. The second-order valence-corrected chi connectivity index (χ2v) is 9.76. The van der Waals surface area contributed by atoms with E-state index in [4.69, 9.17) is 4.74 Å². The Kier molecular flexibility index (Phi) is 2.42. The highest BCUT2D eigenvalue weighted by molar-refractivity contribution is 6.15. The Balaban J connectivity index is 1.63. The number of para-hydroxylation sites is 2. The van der Waals surface area contributed by atoms with Crippen LogP contribution in [0.15, 0.2) is 85.2 Å². The molecule has 6 heteroatoms. The molecule has 0 saturated heterocycles. The summed E-state index contributed by atoms with van der Waals surface area (Å²) in [5.41, 5.74) is 8.95. The molecule has 3 aliphatic heterocycles. The predicted octanol–water partition coefficient (Wildman–Crippen LogP) is 4.40. The van der Waals surface area contributed by atoms with Gasteiger partial charge in [-0.15, -0.1) is 9.13 Å². The zero-order chi connectivity index (χ0) is 22.6. The van der Waals surface area contributed by atoms with Crippen molar-refractivity contribution in [3.63, 3.8) is 0 Å². The molecular weight excluding hydrogens is 434 g/mol. The quantitative estimate of drug-likeness (QED) is 0.321. The first-order valence-corrected chi connectivity index (χ1v) is 11.9. The van der Waals surface area contributed by atoms with Crippen molar-refractivity contribution in [1.29, 1.82) is 0 Å². The van der Waals surface area contributed by atoms with E-state index < -0.39 is 5.66 Å². The SMILES string of the molecule is Cn1ncc2c3ccc4c5c3c3n(c6ccccc6[n+]3C53c5c(cccc5-c5cccc[n+]53)O4)c21. The smallest absolute Gasteiger partial charge is 0.372 e. The molecule has 0 fully saturated rings. The lowest BCUT2D eigenvalue weighted by Gasteiger charge is -2.28. The highest BCUT2D eigenvalue weighted by Crippen LogP contribution is 2.57. The molecule has 7 aromatic rings. The van der Waals surface area contributed by atoms with Gasteiger partial charge in [0.1, 0.15) is 22.6 Å². The molecule has 1 atom stereocenters. The van der Waals surface area contributed by atoms with Gasteiger partial charge < -0.3 is 4.74 Å². The maximum Gasteiger partial charge on any atom is 0.372 e. The van der Waals surface area contributed by atoms with E-state index in [1.165, 1.54) is 49.8 Å². The number of aryl methyl sites for hydroxylation is 1. The molecule has 0 N–H and O–H groups in total. The molecule has 0 radical (unpaired) electrons. The highest BCUT2D eigenvalue weighted by atomic mass is 16.5. The Hall–Kier alpha value is -4.71. The van der Waals surface area contributed by atoms with Gasteiger partial charge in [0.05, 0.1) is 22.5 Å². The lowest BCUT2D eigenvalue weighted by molar-refractivity contribution is -0.940. The van der Waals surface area contributed by atoms with Gasteiger partial charge in [0, 0.05) is 24.6 Å². The number of ether oxygens (including phenoxy) is 1. The van der Waals surface area contributed by atoms with E-state index in [0.717, 1.165) is 22.5 Å². The summed E-state index contributed by atoms with van der Waals surface area (Å²) >= 11 is 0. The molecule has 4 aromatic heterocycles. The molecule has 3 aliphatic rings. The summed E-state index contributed by atoms with van der Waals surface area (Å²) in [6.07, 6.45) is 4.23. The third-order valence-electron chi connectivity index (χ3n) is 8.34. The van der Waals surface area contributed by atoms with Crippen molar-refractivity contribution >= 4 is 38.5 Å². The summed E-state index contributed by atoms with van der Waals surface area (Å²) in [5.74, 6) is 1.84. The zero-order valence-electron chi connectivity index (χ0n) is 18.7. The molecule has 7 heterocycles. The highest BCUT2D eigenvalue weighted by Gasteiger charge is 2.68. The molecule has 0 saturated carbocycles. The summed E-state index contributed by atoms with van der Waals surface area (Å²) in [5, 5.41) is 8.28. The number of nitrogens with zero attached hydrogens (tertiary/aromatic N) is 5. The maximum absolute atomic E-state index is 6.65. The van der Waals surface area contributed by atoms with Crippen LogP contribution in [-0.2, 0) is 12.7 Å². The van der Waals surface area contributed by atoms with E-state index in [1.807, 2.05) is 17.9 Å². The van der Waals surface area contributed by atoms with Crippen LogP contribution in [-0.4, -0.2) is 14.2 Å². The molecule has 35 heavy (non-hydrogen) atoms. The number of hydrogen-bond donors (Lipinski definition) is 0. The van der Waals surface area contributed by atoms with Gasteiger partial charge in [0.2, 0.25) is 11.3 Å². The summed E-state index contributed by atoms with van der Waals surface area (Å²) in [7, 11) is 2.03. The van der Waals surface area contributed by atoms with E-state index in [0.29, 0.717) is 0 Å². The molecule has 10 rings (SSSR count). The first kappa shape index (κ1) is 16.8. The van der Waals surface area contributed by atoms with Crippen LogP contribution < -0.4 is 13.9 Å². The van der Waals surface area contributed by atoms with Crippen molar-refractivity contribution in [2.45, 2.75) is 5.66 Å². The Morgan fingerprint density at radius 3 is 2.71 bits per heavy atom. The monoisotopic (exact) mass is 451 g/mol. The minimum Gasteiger partial charge on any atom is -0.456 e.